The first-order chi connectivity index (χ1) is 31.5. The highest BCUT2D eigenvalue weighted by Crippen LogP contribution is 2.49. The van der Waals surface area contributed by atoms with E-state index in [0.29, 0.717) is 6.42 Å². The van der Waals surface area contributed by atoms with Gasteiger partial charge in [0.15, 0.2) is 12.3 Å². The van der Waals surface area contributed by atoms with Crippen LogP contribution in [0.5, 0.6) is 0 Å². The molecule has 0 bridgehead atoms. The number of esters is 1. The number of fused-ring (bicyclic) bond motifs is 2. The topological polar surface area (TPSA) is 141 Å². The Bertz CT molecular complexity index is 2800. The Labute approximate surface area is 406 Å². The summed E-state index contributed by atoms with van der Waals surface area (Å²) in [5.74, 6) is -0.224. The van der Waals surface area contributed by atoms with E-state index in [2.05, 4.69) is 128 Å². The van der Waals surface area contributed by atoms with Crippen LogP contribution in [0.4, 0.5) is 11.4 Å². The summed E-state index contributed by atoms with van der Waals surface area (Å²) in [5.41, 5.74) is 9.94. The van der Waals surface area contributed by atoms with Crippen LogP contribution in [0.3, 0.4) is 0 Å². The van der Waals surface area contributed by atoms with Gasteiger partial charge in [0.1, 0.15) is 0 Å². The highest BCUT2D eigenvalue weighted by Gasteiger charge is 2.45. The van der Waals surface area contributed by atoms with Gasteiger partial charge >= 0.3 is 5.97 Å². The van der Waals surface area contributed by atoms with Crippen molar-refractivity contribution >= 4 is 48.9 Å². The van der Waals surface area contributed by atoms with Gasteiger partial charge in [-0.25, -0.2) is 0 Å². The largest absolute Gasteiger partial charge is 0.463 e. The fourth-order valence-corrected chi connectivity index (χ4v) is 10.9. The number of quaternary nitrogens is 2. The lowest BCUT2D eigenvalue weighted by Crippen LogP contribution is -2.37. The Morgan fingerprint density at radius 3 is 1.99 bits per heavy atom. The van der Waals surface area contributed by atoms with E-state index in [1.807, 2.05) is 26.0 Å². The Morgan fingerprint density at radius 2 is 1.38 bits per heavy atom. The number of anilines is 1. The number of hydrogen-bond acceptors (Lipinski definition) is 7. The number of hydrogen-bond donors (Lipinski definition) is 2. The third-order valence-electron chi connectivity index (χ3n) is 13.4. The molecule has 14 heteroatoms. The van der Waals surface area contributed by atoms with Gasteiger partial charge in [0.05, 0.1) is 83.1 Å². The normalized spacial score (nSPS) is 18.7. The summed E-state index contributed by atoms with van der Waals surface area (Å²) in [7, 11) is 4.20. The van der Waals surface area contributed by atoms with E-state index in [0.717, 1.165) is 129 Å². The van der Waals surface area contributed by atoms with Gasteiger partial charge in [-0.15, -0.1) is 0 Å². The van der Waals surface area contributed by atoms with Crippen molar-refractivity contribution in [3.05, 3.63) is 124 Å². The smallest absolute Gasteiger partial charge is 0.306 e. The maximum Gasteiger partial charge on any atom is 0.306 e. The Kier molecular flexibility index (Phi) is 15.5. The van der Waals surface area contributed by atoms with Gasteiger partial charge in [0, 0.05) is 53.9 Å². The van der Waals surface area contributed by atoms with Crippen molar-refractivity contribution in [2.24, 2.45) is 0 Å². The van der Waals surface area contributed by atoms with Crippen LogP contribution in [0.2, 0.25) is 0 Å². The summed E-state index contributed by atoms with van der Waals surface area (Å²) in [5, 5.41) is 0. The van der Waals surface area contributed by atoms with Gasteiger partial charge in [-0.1, -0.05) is 50.3 Å². The predicted molar refractivity (Wildman–Crippen MR) is 273 cm³/mol. The monoisotopic (exact) mass is 972 g/mol. The van der Waals surface area contributed by atoms with Crippen molar-refractivity contribution in [2.45, 2.75) is 113 Å². The van der Waals surface area contributed by atoms with Gasteiger partial charge in [0.25, 0.3) is 20.2 Å². The van der Waals surface area contributed by atoms with Crippen molar-refractivity contribution in [3.63, 3.8) is 0 Å². The predicted octanol–water partition coefficient (Wildman–Crippen LogP) is 9.44. The SMILES string of the molecule is CC(C)OC(=O)CCc1ccc(C2=C(/C=C/C3=[N+](CCC[N+](C)(C)C)c4ccc(S(=O)(=O)O)cc4C3(C)C)CCC/C2=C\C=C2\N(CCC[N+](C)(C)C)c3ccc(S(=O)(=O)O)cc3C2(C)C)cc1. The molecule has 3 aliphatic rings. The number of nitrogens with zero attached hydrogens (tertiary/aromatic N) is 4. The minimum atomic E-state index is -4.42. The molecule has 0 amide bonds. The molecule has 0 saturated heterocycles. The third-order valence-corrected chi connectivity index (χ3v) is 15.1. The summed E-state index contributed by atoms with van der Waals surface area (Å²) in [6.45, 7) is 15.5. The van der Waals surface area contributed by atoms with E-state index in [4.69, 9.17) is 4.74 Å². The highest BCUT2D eigenvalue weighted by molar-refractivity contribution is 7.86. The second kappa shape index (κ2) is 20.0. The number of allylic oxidation sites excluding steroid dienone is 8. The van der Waals surface area contributed by atoms with Gasteiger partial charge < -0.3 is 18.6 Å². The molecule has 2 aliphatic heterocycles. The van der Waals surface area contributed by atoms with Crippen LogP contribution >= 0.6 is 0 Å². The second-order valence-corrected chi connectivity index (χ2v) is 24.9. The molecule has 0 atom stereocenters. The van der Waals surface area contributed by atoms with Gasteiger partial charge in [-0.2, -0.15) is 21.4 Å². The molecule has 0 saturated carbocycles. The number of benzene rings is 3. The fourth-order valence-electron chi connectivity index (χ4n) is 9.91. The average molecular weight is 972 g/mol. The molecule has 6 rings (SSSR count). The maximum atomic E-state index is 12.5. The number of rotatable bonds is 18. The maximum absolute atomic E-state index is 12.5. The standard InChI is InChI=1S/C54H73N4O8S2/c1-38(2)66-51(59)31-20-39-18-21-42(22-19-39)52-40(23-29-49-53(3,4)45-36-43(67(60,61)62)25-27-47(45)55(49)32-14-34-57(7,8)9)16-13-17-41(52)24-30-50-54(5,6)46-37-44(68(63,64)65)26-28-48(46)56(50)33-15-35-58(10,11)12/h18-19,21-30,36-38H,13-17,20,31-35H2,1-12H3/q+1/p+2. The Morgan fingerprint density at radius 1 is 0.779 bits per heavy atom. The number of ether oxygens (including phenoxy) is 1. The number of carbonyl (C=O) groups is 1. The molecule has 0 spiro atoms. The van der Waals surface area contributed by atoms with Gasteiger partial charge in [0.2, 0.25) is 5.69 Å². The van der Waals surface area contributed by atoms with Crippen LogP contribution in [0, 0.1) is 0 Å². The van der Waals surface area contributed by atoms with Crippen molar-refractivity contribution in [3.8, 4) is 0 Å². The number of carbonyl (C=O) groups excluding carboxylic acids is 1. The zero-order chi connectivity index (χ0) is 50.2. The molecule has 12 nitrogen and oxygen atoms in total. The molecule has 0 fully saturated rings. The third kappa shape index (κ3) is 12.4. The number of aryl methyl sites for hydroxylation is 1. The van der Waals surface area contributed by atoms with Crippen molar-refractivity contribution in [1.29, 1.82) is 0 Å². The molecule has 0 unspecified atom stereocenters. The summed E-state index contributed by atoms with van der Waals surface area (Å²) in [6, 6.07) is 18.3. The fraction of sp³-hybridized carbons (Fsp3) is 0.481. The molecule has 2 N–H and O–H groups in total. The lowest BCUT2D eigenvalue weighted by atomic mass is 9.79. The first-order valence-electron chi connectivity index (χ1n) is 23.9. The van der Waals surface area contributed by atoms with Crippen LogP contribution in [-0.4, -0.2) is 126 Å². The Balaban J connectivity index is 1.50. The van der Waals surface area contributed by atoms with Crippen LogP contribution in [0.15, 0.2) is 112 Å². The first-order valence-corrected chi connectivity index (χ1v) is 26.7. The van der Waals surface area contributed by atoms with E-state index in [1.54, 1.807) is 12.1 Å². The molecule has 1 aliphatic carbocycles. The average Bonchev–Trinajstić information content (AvgIpc) is 3.56. The molecule has 68 heavy (non-hydrogen) atoms. The zero-order valence-corrected chi connectivity index (χ0v) is 44.0. The van der Waals surface area contributed by atoms with Crippen molar-refractivity contribution < 1.29 is 49.0 Å². The van der Waals surface area contributed by atoms with Crippen LogP contribution in [0.1, 0.15) is 102 Å². The quantitative estimate of drug-likeness (QED) is 0.0552. The van der Waals surface area contributed by atoms with E-state index in [1.165, 1.54) is 12.1 Å². The Hall–Kier alpha value is -4.70. The first kappa shape index (κ1) is 52.7. The van der Waals surface area contributed by atoms with E-state index in [9.17, 15) is 30.7 Å². The zero-order valence-electron chi connectivity index (χ0n) is 42.4. The molecular formula is C54H75N4O8S2+3. The van der Waals surface area contributed by atoms with Crippen LogP contribution in [-0.2, 0) is 47.0 Å². The summed E-state index contributed by atoms with van der Waals surface area (Å²) in [4.78, 5) is 14.5. The minimum Gasteiger partial charge on any atom is -0.463 e. The van der Waals surface area contributed by atoms with Gasteiger partial charge in [-0.3, -0.25) is 13.9 Å². The molecule has 2 heterocycles. The molecule has 0 aromatic heterocycles. The second-order valence-electron chi connectivity index (χ2n) is 22.0. The van der Waals surface area contributed by atoms with Crippen LogP contribution < -0.4 is 4.90 Å². The molecular weight excluding hydrogens is 897 g/mol. The van der Waals surface area contributed by atoms with Crippen LogP contribution in [0.25, 0.3) is 5.57 Å². The van der Waals surface area contributed by atoms with Crippen molar-refractivity contribution in [1.82, 2.24) is 0 Å². The molecule has 3 aromatic rings. The summed E-state index contributed by atoms with van der Waals surface area (Å²) in [6.07, 6.45) is 13.9. The molecule has 0 radical (unpaired) electrons. The minimum absolute atomic E-state index is 0.123. The van der Waals surface area contributed by atoms with E-state index >= 15 is 0 Å². The lowest BCUT2D eigenvalue weighted by molar-refractivity contribution is -0.871. The van der Waals surface area contributed by atoms with Crippen molar-refractivity contribution in [2.75, 3.05) is 73.4 Å². The molecule has 3 aromatic carbocycles. The summed E-state index contributed by atoms with van der Waals surface area (Å²) >= 11 is 0. The van der Waals surface area contributed by atoms with Gasteiger partial charge in [-0.05, 0) is 123 Å². The van der Waals surface area contributed by atoms with E-state index < -0.39 is 31.1 Å². The lowest BCUT2D eigenvalue weighted by Gasteiger charge is -2.29. The summed E-state index contributed by atoms with van der Waals surface area (Å²) < 4.78 is 79.0. The molecule has 368 valence electrons. The van der Waals surface area contributed by atoms with E-state index in [-0.39, 0.29) is 28.3 Å². The highest BCUT2D eigenvalue weighted by atomic mass is 32.2.